The number of hydrogen-bond donors (Lipinski definition) is 0. The number of carbonyl (C=O) groups is 2. The van der Waals surface area contributed by atoms with Gasteiger partial charge in [-0.15, -0.1) is 0 Å². The van der Waals surface area contributed by atoms with Gasteiger partial charge in [0.1, 0.15) is 6.10 Å². The Hall–Kier alpha value is -1.32. The summed E-state index contributed by atoms with van der Waals surface area (Å²) in [6.45, 7) is 7.21. The Balaban J connectivity index is 1.37. The van der Waals surface area contributed by atoms with E-state index >= 15 is 0 Å². The zero-order valence-corrected chi connectivity index (χ0v) is 18.2. The van der Waals surface area contributed by atoms with Gasteiger partial charge in [0.05, 0.1) is 13.0 Å². The van der Waals surface area contributed by atoms with E-state index in [-0.39, 0.29) is 23.5 Å². The average Bonchev–Trinajstić information content (AvgIpc) is 3.24. The average molecular weight is 401 g/mol. The molecular weight excluding hydrogens is 364 g/mol. The molecule has 3 saturated carbocycles. The number of cyclic esters (lactones) is 1. The molecule has 0 aromatic heterocycles. The van der Waals surface area contributed by atoms with Gasteiger partial charge in [-0.25, -0.2) is 0 Å². The highest BCUT2D eigenvalue weighted by Gasteiger charge is 2.60. The van der Waals surface area contributed by atoms with Crippen molar-refractivity contribution in [2.24, 2.45) is 40.4 Å². The number of allylic oxidation sites excluding steroid dienone is 1. The summed E-state index contributed by atoms with van der Waals surface area (Å²) in [5.74, 6) is 3.28. The molecular formula is C25H36O4. The van der Waals surface area contributed by atoms with Crippen LogP contribution in [-0.2, 0) is 19.1 Å². The van der Waals surface area contributed by atoms with Crippen molar-refractivity contribution in [1.82, 2.24) is 0 Å². The molecule has 0 spiro atoms. The smallest absolute Gasteiger partial charge is 0.306 e. The minimum atomic E-state index is -0.146. The third kappa shape index (κ3) is 2.99. The molecule has 5 rings (SSSR count). The fraction of sp³-hybridized carbons (Fsp3) is 0.840. The zero-order valence-electron chi connectivity index (χ0n) is 18.2. The molecule has 2 unspecified atom stereocenters. The lowest BCUT2D eigenvalue weighted by atomic mass is 9.47. The molecule has 4 nitrogen and oxygen atoms in total. The van der Waals surface area contributed by atoms with E-state index in [0.29, 0.717) is 30.3 Å². The van der Waals surface area contributed by atoms with Crippen LogP contribution in [0.3, 0.4) is 0 Å². The van der Waals surface area contributed by atoms with Crippen LogP contribution in [0.1, 0.15) is 78.6 Å². The summed E-state index contributed by atoms with van der Waals surface area (Å²) in [7, 11) is 0. The minimum Gasteiger partial charge on any atom is -0.465 e. The van der Waals surface area contributed by atoms with Crippen LogP contribution in [0.2, 0.25) is 0 Å². The Labute approximate surface area is 174 Å². The quantitative estimate of drug-likeness (QED) is 0.480. The maximum atomic E-state index is 11.7. The van der Waals surface area contributed by atoms with Gasteiger partial charge in [-0.1, -0.05) is 25.5 Å². The van der Waals surface area contributed by atoms with Crippen molar-refractivity contribution in [3.05, 3.63) is 11.6 Å². The number of hydrogen-bond acceptors (Lipinski definition) is 4. The van der Waals surface area contributed by atoms with Crippen LogP contribution in [0.15, 0.2) is 11.6 Å². The second-order valence-electron chi connectivity index (χ2n) is 11.1. The first-order valence-corrected chi connectivity index (χ1v) is 11.8. The molecule has 1 aliphatic heterocycles. The number of esters is 2. The Morgan fingerprint density at radius 2 is 1.86 bits per heavy atom. The third-order valence-corrected chi connectivity index (χ3v) is 9.92. The lowest BCUT2D eigenvalue weighted by Crippen LogP contribution is -2.51. The van der Waals surface area contributed by atoms with Crippen LogP contribution in [0.4, 0.5) is 0 Å². The van der Waals surface area contributed by atoms with Crippen molar-refractivity contribution >= 4 is 11.9 Å². The molecule has 4 fully saturated rings. The molecule has 0 aromatic rings. The molecule has 0 aromatic carbocycles. The van der Waals surface area contributed by atoms with Crippen LogP contribution in [0.25, 0.3) is 0 Å². The molecule has 160 valence electrons. The highest BCUT2D eigenvalue weighted by atomic mass is 16.5. The minimum absolute atomic E-state index is 0.0121. The van der Waals surface area contributed by atoms with Gasteiger partial charge in [-0.2, -0.15) is 0 Å². The molecule has 0 bridgehead atoms. The van der Waals surface area contributed by atoms with Crippen molar-refractivity contribution in [1.29, 1.82) is 0 Å². The van der Waals surface area contributed by atoms with E-state index in [2.05, 4.69) is 19.9 Å². The SMILES string of the molecule is CC(=O)O[C@H]1CC[C@@]2(C)C(=CC[C@H]3C4CC[C@H](C5COC(=O)C5)[C@@]4(C)CC[C@@H]32)C1. The normalized spacial score (nSPS) is 48.8. The van der Waals surface area contributed by atoms with Crippen molar-refractivity contribution in [2.75, 3.05) is 6.61 Å². The van der Waals surface area contributed by atoms with Gasteiger partial charge in [0.2, 0.25) is 0 Å². The summed E-state index contributed by atoms with van der Waals surface area (Å²) in [4.78, 5) is 23.2. The molecule has 29 heavy (non-hydrogen) atoms. The van der Waals surface area contributed by atoms with Gasteiger partial charge in [0.25, 0.3) is 0 Å². The van der Waals surface area contributed by atoms with Crippen LogP contribution >= 0.6 is 0 Å². The lowest BCUT2D eigenvalue weighted by molar-refractivity contribution is -0.148. The van der Waals surface area contributed by atoms with Crippen molar-refractivity contribution in [3.8, 4) is 0 Å². The van der Waals surface area contributed by atoms with Crippen LogP contribution < -0.4 is 0 Å². The molecule has 0 amide bonds. The van der Waals surface area contributed by atoms with Crippen molar-refractivity contribution < 1.29 is 19.1 Å². The predicted octanol–water partition coefficient (Wildman–Crippen LogP) is 5.06. The van der Waals surface area contributed by atoms with Crippen LogP contribution in [0, 0.1) is 40.4 Å². The number of carbonyl (C=O) groups excluding carboxylic acids is 2. The van der Waals surface area contributed by atoms with E-state index < -0.39 is 0 Å². The summed E-state index contributed by atoms with van der Waals surface area (Å²) >= 11 is 0. The maximum Gasteiger partial charge on any atom is 0.306 e. The Bertz CT molecular complexity index is 741. The summed E-state index contributed by atoms with van der Waals surface area (Å²) in [5, 5.41) is 0. The van der Waals surface area contributed by atoms with Gasteiger partial charge in [0, 0.05) is 19.3 Å². The first-order valence-electron chi connectivity index (χ1n) is 11.8. The van der Waals surface area contributed by atoms with Crippen LogP contribution in [-0.4, -0.2) is 24.6 Å². The van der Waals surface area contributed by atoms with Gasteiger partial charge in [-0.05, 0) is 79.4 Å². The van der Waals surface area contributed by atoms with Gasteiger partial charge < -0.3 is 9.47 Å². The monoisotopic (exact) mass is 400 g/mol. The van der Waals surface area contributed by atoms with E-state index in [1.54, 1.807) is 5.57 Å². The first kappa shape index (κ1) is 19.6. The molecule has 4 aliphatic carbocycles. The highest BCUT2D eigenvalue weighted by Crippen LogP contribution is 2.67. The van der Waals surface area contributed by atoms with E-state index in [1.165, 1.54) is 39.0 Å². The summed E-state index contributed by atoms with van der Waals surface area (Å²) in [6, 6.07) is 0. The largest absolute Gasteiger partial charge is 0.465 e. The molecule has 8 atom stereocenters. The summed E-state index contributed by atoms with van der Waals surface area (Å²) in [6.07, 6.45) is 12.7. The van der Waals surface area contributed by atoms with Crippen LogP contribution in [0.5, 0.6) is 0 Å². The summed E-state index contributed by atoms with van der Waals surface area (Å²) in [5.41, 5.74) is 2.21. The number of rotatable bonds is 2. The fourth-order valence-corrected chi connectivity index (χ4v) is 8.57. The van der Waals surface area contributed by atoms with Gasteiger partial charge in [0.15, 0.2) is 0 Å². The lowest BCUT2D eigenvalue weighted by Gasteiger charge is -2.58. The van der Waals surface area contributed by atoms with E-state index in [4.69, 9.17) is 9.47 Å². The Morgan fingerprint density at radius 1 is 1.07 bits per heavy atom. The second-order valence-corrected chi connectivity index (χ2v) is 11.1. The van der Waals surface area contributed by atoms with E-state index in [0.717, 1.165) is 37.0 Å². The van der Waals surface area contributed by atoms with E-state index in [9.17, 15) is 9.59 Å². The van der Waals surface area contributed by atoms with E-state index in [1.807, 2.05) is 0 Å². The van der Waals surface area contributed by atoms with Gasteiger partial charge in [-0.3, -0.25) is 9.59 Å². The molecule has 1 saturated heterocycles. The summed E-state index contributed by atoms with van der Waals surface area (Å²) < 4.78 is 10.9. The number of fused-ring (bicyclic) bond motifs is 5. The molecule has 0 N–H and O–H groups in total. The predicted molar refractivity (Wildman–Crippen MR) is 110 cm³/mol. The Morgan fingerprint density at radius 3 is 2.59 bits per heavy atom. The highest BCUT2D eigenvalue weighted by molar-refractivity contribution is 5.71. The standard InChI is InChI=1S/C25H36O4/c1-15(26)29-18-8-10-24(2)17(13-18)4-5-19-21-7-6-20(16-12-23(27)28-14-16)25(21,3)11-9-22(19)24/h4,16,18-22H,5-14H2,1-3H3/t16?,18-,19-,20+,21?,22-,24-,25+/m0/s1. The maximum absolute atomic E-state index is 11.7. The van der Waals surface area contributed by atoms with Crippen molar-refractivity contribution in [3.63, 3.8) is 0 Å². The Kier molecular flexibility index (Phi) is 4.64. The fourth-order valence-electron chi connectivity index (χ4n) is 8.57. The molecule has 4 heteroatoms. The molecule has 0 radical (unpaired) electrons. The zero-order chi connectivity index (χ0) is 20.4. The number of ether oxygens (including phenoxy) is 2. The molecule has 5 aliphatic rings. The van der Waals surface area contributed by atoms with Crippen molar-refractivity contribution in [2.45, 2.75) is 84.7 Å². The van der Waals surface area contributed by atoms with Gasteiger partial charge >= 0.3 is 11.9 Å². The topological polar surface area (TPSA) is 52.6 Å². The first-order chi connectivity index (χ1) is 13.8. The molecule has 1 heterocycles. The second kappa shape index (κ2) is 6.85. The third-order valence-electron chi connectivity index (χ3n) is 9.92.